The molecule has 0 atom stereocenters. The molecule has 5 rings (SSSR count). The predicted molar refractivity (Wildman–Crippen MR) is 149 cm³/mol. The topological polar surface area (TPSA) is 104 Å². The second-order valence-corrected chi connectivity index (χ2v) is 9.46. The molecule has 1 N–H and O–H groups in total. The molecule has 0 aliphatic heterocycles. The number of aromatic nitrogens is 2. The van der Waals surface area contributed by atoms with Crippen molar-refractivity contribution in [1.82, 2.24) is 10.2 Å². The van der Waals surface area contributed by atoms with E-state index >= 15 is 0 Å². The average molecular weight is 559 g/mol. The molecule has 5 aromatic rings. The highest BCUT2D eigenvalue weighted by atomic mass is 32.2. The van der Waals surface area contributed by atoms with Gasteiger partial charge >= 0.3 is 5.97 Å². The number of carboxylic acid groups (broad SMARTS) is 1. The van der Waals surface area contributed by atoms with Crippen LogP contribution in [0.1, 0.15) is 11.1 Å². The van der Waals surface area contributed by atoms with Crippen molar-refractivity contribution < 1.29 is 32.9 Å². The molecule has 8 nitrogen and oxygen atoms in total. The van der Waals surface area contributed by atoms with Gasteiger partial charge in [-0.3, -0.25) is 0 Å². The van der Waals surface area contributed by atoms with E-state index in [-0.39, 0.29) is 28.4 Å². The number of benzene rings is 4. The van der Waals surface area contributed by atoms with Gasteiger partial charge in [-0.2, -0.15) is 0 Å². The van der Waals surface area contributed by atoms with Gasteiger partial charge in [0, 0.05) is 22.8 Å². The third-order valence-corrected chi connectivity index (χ3v) is 6.81. The van der Waals surface area contributed by atoms with Crippen LogP contribution in [0.3, 0.4) is 0 Å². The van der Waals surface area contributed by atoms with Crippen LogP contribution >= 0.6 is 11.8 Å². The first kappa shape index (κ1) is 26.8. The van der Waals surface area contributed by atoms with Crippen LogP contribution in [0.25, 0.3) is 28.3 Å². The molecule has 0 aliphatic rings. The van der Waals surface area contributed by atoms with Crippen LogP contribution in [0.5, 0.6) is 17.2 Å². The zero-order valence-electron chi connectivity index (χ0n) is 21.5. The maximum atomic E-state index is 14.2. The molecule has 0 radical (unpaired) electrons. The van der Waals surface area contributed by atoms with E-state index < -0.39 is 5.97 Å². The van der Waals surface area contributed by atoms with Gasteiger partial charge in [0.1, 0.15) is 34.6 Å². The number of fused-ring (bicyclic) bond motifs is 1. The fourth-order valence-electron chi connectivity index (χ4n) is 3.98. The fraction of sp³-hybridized carbons (Fsp3) is 0.100. The Morgan fingerprint density at radius 3 is 2.42 bits per heavy atom. The number of hydrogen-bond donors (Lipinski definition) is 1. The lowest BCUT2D eigenvalue weighted by molar-refractivity contribution is -0.131. The minimum atomic E-state index is -1.19. The predicted octanol–water partition coefficient (Wildman–Crippen LogP) is 6.84. The van der Waals surface area contributed by atoms with Crippen molar-refractivity contribution in [2.75, 3.05) is 14.2 Å². The van der Waals surface area contributed by atoms with Crippen molar-refractivity contribution in [2.24, 2.45) is 0 Å². The van der Waals surface area contributed by atoms with Crippen LogP contribution < -0.4 is 14.2 Å². The number of halogens is 1. The zero-order chi connectivity index (χ0) is 28.1. The van der Waals surface area contributed by atoms with Gasteiger partial charge in [-0.25, -0.2) is 9.18 Å². The van der Waals surface area contributed by atoms with E-state index in [2.05, 4.69) is 10.2 Å². The summed E-state index contributed by atoms with van der Waals surface area (Å²) in [6.07, 6.45) is 1.49. The van der Waals surface area contributed by atoms with Crippen molar-refractivity contribution in [3.8, 4) is 28.7 Å². The lowest BCUT2D eigenvalue weighted by Gasteiger charge is -2.13. The monoisotopic (exact) mass is 558 g/mol. The van der Waals surface area contributed by atoms with E-state index in [1.165, 1.54) is 26.4 Å². The Hall–Kier alpha value is -4.83. The molecule has 1 heterocycles. The highest BCUT2D eigenvalue weighted by molar-refractivity contribution is 8.03. The molecule has 10 heteroatoms. The molecule has 0 spiro atoms. The standard InChI is InChI=1S/C30H23FN2O6S/c1-36-21-13-20(14-22(15-21)37-2)28-32-33-30(39-28)40-27(29(34)35)16-24-23-9-5-3-7-18(23)11-12-26(24)38-17-19-8-4-6-10-25(19)31/h3-16H,17H2,1-2H3,(H,34,35)/b27-16-. The van der Waals surface area contributed by atoms with Gasteiger partial charge in [0.2, 0.25) is 5.89 Å². The molecule has 0 amide bonds. The number of methoxy groups -OCH3 is 2. The van der Waals surface area contributed by atoms with E-state index in [1.807, 2.05) is 30.3 Å². The fourth-order valence-corrected chi connectivity index (χ4v) is 4.63. The van der Waals surface area contributed by atoms with Gasteiger partial charge < -0.3 is 23.7 Å². The molecule has 1 aromatic heterocycles. The van der Waals surface area contributed by atoms with Crippen LogP contribution in [0.2, 0.25) is 0 Å². The molecule has 0 aliphatic carbocycles. The van der Waals surface area contributed by atoms with Crippen LogP contribution in [0.15, 0.2) is 93.4 Å². The largest absolute Gasteiger partial charge is 0.497 e. The first-order chi connectivity index (χ1) is 19.4. The number of ether oxygens (including phenoxy) is 3. The normalized spacial score (nSPS) is 11.4. The molecule has 202 valence electrons. The molecule has 0 bridgehead atoms. The Morgan fingerprint density at radius 2 is 1.70 bits per heavy atom. The molecule has 0 unspecified atom stereocenters. The summed E-state index contributed by atoms with van der Waals surface area (Å²) in [6.45, 7) is -0.0293. The first-order valence-corrected chi connectivity index (χ1v) is 12.8. The van der Waals surface area contributed by atoms with Crippen LogP contribution in [-0.4, -0.2) is 35.5 Å². The number of rotatable bonds is 10. The number of aliphatic carboxylic acids is 1. The van der Waals surface area contributed by atoms with Gasteiger partial charge in [-0.05, 0) is 52.9 Å². The Morgan fingerprint density at radius 1 is 0.975 bits per heavy atom. The van der Waals surface area contributed by atoms with E-state index in [1.54, 1.807) is 42.5 Å². The maximum absolute atomic E-state index is 14.2. The molecule has 0 saturated heterocycles. The molecule has 0 fully saturated rings. The highest BCUT2D eigenvalue weighted by Crippen LogP contribution is 2.36. The number of thioether (sulfide) groups is 1. The molecular formula is C30H23FN2O6S. The molecule has 0 saturated carbocycles. The Bertz CT molecular complexity index is 1700. The summed E-state index contributed by atoms with van der Waals surface area (Å²) in [5.74, 6) is 0.0572. The second kappa shape index (κ2) is 11.9. The smallest absolute Gasteiger partial charge is 0.342 e. The van der Waals surface area contributed by atoms with Crippen molar-refractivity contribution in [3.63, 3.8) is 0 Å². The summed E-state index contributed by atoms with van der Waals surface area (Å²) in [6, 6.07) is 22.5. The quantitative estimate of drug-likeness (QED) is 0.146. The molecule has 40 heavy (non-hydrogen) atoms. The van der Waals surface area contributed by atoms with Gasteiger partial charge in [-0.15, -0.1) is 10.2 Å². The van der Waals surface area contributed by atoms with Crippen molar-refractivity contribution in [1.29, 1.82) is 0 Å². The van der Waals surface area contributed by atoms with Crippen LogP contribution in [-0.2, 0) is 11.4 Å². The minimum Gasteiger partial charge on any atom is -0.497 e. The van der Waals surface area contributed by atoms with Gasteiger partial charge in [0.15, 0.2) is 0 Å². The average Bonchev–Trinajstić information content (AvgIpc) is 3.45. The summed E-state index contributed by atoms with van der Waals surface area (Å²) < 4.78 is 36.6. The Kier molecular flexibility index (Phi) is 7.97. The summed E-state index contributed by atoms with van der Waals surface area (Å²) >= 11 is 0.804. The number of carbonyl (C=O) groups is 1. The summed E-state index contributed by atoms with van der Waals surface area (Å²) in [7, 11) is 3.05. The van der Waals surface area contributed by atoms with Gasteiger partial charge in [-0.1, -0.05) is 48.5 Å². The number of carboxylic acids is 1. The summed E-state index contributed by atoms with van der Waals surface area (Å²) in [4.78, 5) is 12.2. The third kappa shape index (κ3) is 5.92. The second-order valence-electron chi connectivity index (χ2n) is 8.47. The van der Waals surface area contributed by atoms with E-state index in [4.69, 9.17) is 18.6 Å². The first-order valence-electron chi connectivity index (χ1n) is 12.0. The highest BCUT2D eigenvalue weighted by Gasteiger charge is 2.19. The molecular weight excluding hydrogens is 535 g/mol. The van der Waals surface area contributed by atoms with Crippen molar-refractivity contribution in [3.05, 3.63) is 101 Å². The Labute approximate surface area is 233 Å². The van der Waals surface area contributed by atoms with Gasteiger partial charge in [0.25, 0.3) is 5.22 Å². The third-order valence-electron chi connectivity index (χ3n) is 5.96. The maximum Gasteiger partial charge on any atom is 0.342 e. The number of nitrogens with zero attached hydrogens (tertiary/aromatic N) is 2. The van der Waals surface area contributed by atoms with Crippen molar-refractivity contribution >= 4 is 34.6 Å². The van der Waals surface area contributed by atoms with E-state index in [0.29, 0.717) is 33.9 Å². The van der Waals surface area contributed by atoms with Gasteiger partial charge in [0.05, 0.1) is 14.2 Å². The van der Waals surface area contributed by atoms with Crippen LogP contribution in [0.4, 0.5) is 4.39 Å². The molecule has 4 aromatic carbocycles. The van der Waals surface area contributed by atoms with E-state index in [0.717, 1.165) is 22.5 Å². The SMILES string of the molecule is COc1cc(OC)cc(-c2nnc(S/C(=C\c3c(OCc4ccccc4F)ccc4ccccc34)C(=O)O)o2)c1. The Balaban J connectivity index is 1.49. The minimum absolute atomic E-state index is 0.0273. The van der Waals surface area contributed by atoms with Crippen LogP contribution in [0, 0.1) is 5.82 Å². The lowest BCUT2D eigenvalue weighted by Crippen LogP contribution is -2.01. The summed E-state index contributed by atoms with van der Waals surface area (Å²) in [5, 5.41) is 19.8. The lowest BCUT2D eigenvalue weighted by atomic mass is 10.0. The van der Waals surface area contributed by atoms with Crippen molar-refractivity contribution in [2.45, 2.75) is 11.8 Å². The number of hydrogen-bond acceptors (Lipinski definition) is 8. The summed E-state index contributed by atoms with van der Waals surface area (Å²) in [5.41, 5.74) is 1.46. The zero-order valence-corrected chi connectivity index (χ0v) is 22.3. The van der Waals surface area contributed by atoms with E-state index in [9.17, 15) is 14.3 Å².